The number of carbonyl (C=O) groups excluding carboxylic acids is 3. The Morgan fingerprint density at radius 3 is 2.14 bits per heavy atom. The van der Waals surface area contributed by atoms with E-state index in [1.807, 2.05) is 0 Å². The predicted octanol–water partition coefficient (Wildman–Crippen LogP) is 4.40. The van der Waals surface area contributed by atoms with Crippen LogP contribution in [0.5, 0.6) is 0 Å². The summed E-state index contributed by atoms with van der Waals surface area (Å²) in [5.74, 6) is -2.72. The zero-order chi connectivity index (χ0) is 25.1. The molecule has 1 aliphatic heterocycles. The summed E-state index contributed by atoms with van der Waals surface area (Å²) < 4.78 is 4.99. The molecule has 1 N–H and O–H groups in total. The van der Waals surface area contributed by atoms with Crippen LogP contribution < -0.4 is 4.90 Å². The quantitative estimate of drug-likeness (QED) is 0.141. The second kappa shape index (κ2) is 9.60. The fourth-order valence-electron chi connectivity index (χ4n) is 3.92. The van der Waals surface area contributed by atoms with Crippen molar-refractivity contribution in [2.24, 2.45) is 0 Å². The largest absolute Gasteiger partial charge is 0.507 e. The maximum absolute atomic E-state index is 13.2. The zero-order valence-electron chi connectivity index (χ0n) is 18.6. The number of ketones is 1. The Hall–Kier alpha value is -4.79. The lowest BCUT2D eigenvalue weighted by atomic mass is 9.95. The Labute approximate surface area is 200 Å². The van der Waals surface area contributed by atoms with Crippen LogP contribution in [-0.4, -0.2) is 34.3 Å². The lowest BCUT2D eigenvalue weighted by Crippen LogP contribution is -2.29. The van der Waals surface area contributed by atoms with Crippen LogP contribution in [0.25, 0.3) is 5.76 Å². The number of rotatable bonds is 6. The first-order valence-electron chi connectivity index (χ1n) is 10.7. The van der Waals surface area contributed by atoms with E-state index in [2.05, 4.69) is 0 Å². The number of benzene rings is 3. The lowest BCUT2D eigenvalue weighted by Gasteiger charge is -2.25. The summed E-state index contributed by atoms with van der Waals surface area (Å²) in [6.07, 6.45) is 0. The number of nitro benzene ring substituents is 1. The highest BCUT2D eigenvalue weighted by Crippen LogP contribution is 2.42. The molecule has 1 heterocycles. The van der Waals surface area contributed by atoms with Gasteiger partial charge in [0.25, 0.3) is 17.4 Å². The van der Waals surface area contributed by atoms with Gasteiger partial charge in [0.2, 0.25) is 0 Å². The number of hydrogen-bond donors (Lipinski definition) is 1. The molecule has 176 valence electrons. The standard InChI is InChI=1S/C26H20N2O7/c1-2-35-26(32)18-10-12-19(13-11-18)27-22(16-6-4-3-5-7-16)21(24(30)25(27)31)23(29)17-8-14-20(15-9-17)28(33)34/h3-15,22,29H,2H2,1H3/b23-21-. The molecule has 0 radical (unpaired) electrons. The van der Waals surface area contributed by atoms with Gasteiger partial charge in [-0.05, 0) is 48.9 Å². The molecule has 3 aromatic carbocycles. The van der Waals surface area contributed by atoms with Gasteiger partial charge in [0.1, 0.15) is 5.76 Å². The van der Waals surface area contributed by atoms with Gasteiger partial charge in [-0.15, -0.1) is 0 Å². The van der Waals surface area contributed by atoms with Crippen molar-refractivity contribution in [1.82, 2.24) is 0 Å². The van der Waals surface area contributed by atoms with Gasteiger partial charge >= 0.3 is 5.97 Å². The number of anilines is 1. The van der Waals surface area contributed by atoms with Crippen LogP contribution >= 0.6 is 0 Å². The molecule has 1 amide bonds. The first-order chi connectivity index (χ1) is 16.8. The van der Waals surface area contributed by atoms with Crippen molar-refractivity contribution in [3.63, 3.8) is 0 Å². The maximum atomic E-state index is 13.2. The van der Waals surface area contributed by atoms with Gasteiger partial charge in [0, 0.05) is 23.4 Å². The molecule has 35 heavy (non-hydrogen) atoms. The molecule has 3 aromatic rings. The lowest BCUT2D eigenvalue weighted by molar-refractivity contribution is -0.384. The third-order valence-electron chi connectivity index (χ3n) is 5.57. The highest BCUT2D eigenvalue weighted by molar-refractivity contribution is 6.51. The average molecular weight is 472 g/mol. The number of aliphatic hydroxyl groups is 1. The number of amides is 1. The molecule has 1 saturated heterocycles. The molecule has 9 heteroatoms. The number of esters is 1. The monoisotopic (exact) mass is 472 g/mol. The Balaban J connectivity index is 1.83. The van der Waals surface area contributed by atoms with E-state index in [-0.39, 0.29) is 29.0 Å². The predicted molar refractivity (Wildman–Crippen MR) is 127 cm³/mol. The number of non-ortho nitro benzene ring substituents is 1. The van der Waals surface area contributed by atoms with E-state index in [1.54, 1.807) is 37.3 Å². The van der Waals surface area contributed by atoms with Crippen molar-refractivity contribution >= 4 is 34.8 Å². The number of aliphatic hydroxyl groups excluding tert-OH is 1. The first-order valence-corrected chi connectivity index (χ1v) is 10.7. The minimum absolute atomic E-state index is 0.149. The number of hydrogen-bond acceptors (Lipinski definition) is 7. The summed E-state index contributed by atoms with van der Waals surface area (Å²) in [7, 11) is 0. The van der Waals surface area contributed by atoms with E-state index in [0.29, 0.717) is 11.3 Å². The molecule has 0 saturated carbocycles. The Morgan fingerprint density at radius 1 is 0.971 bits per heavy atom. The summed E-state index contributed by atoms with van der Waals surface area (Å²) in [5, 5.41) is 22.0. The molecule has 4 rings (SSSR count). The fourth-order valence-corrected chi connectivity index (χ4v) is 3.92. The van der Waals surface area contributed by atoms with Gasteiger partial charge in [-0.3, -0.25) is 24.6 Å². The molecule has 1 aliphatic rings. The van der Waals surface area contributed by atoms with E-state index in [9.17, 15) is 29.6 Å². The van der Waals surface area contributed by atoms with Crippen molar-refractivity contribution in [3.05, 3.63) is 111 Å². The molecule has 0 bridgehead atoms. The van der Waals surface area contributed by atoms with Crippen LogP contribution in [-0.2, 0) is 14.3 Å². The third-order valence-corrected chi connectivity index (χ3v) is 5.57. The smallest absolute Gasteiger partial charge is 0.338 e. The van der Waals surface area contributed by atoms with E-state index >= 15 is 0 Å². The zero-order valence-corrected chi connectivity index (χ0v) is 18.6. The summed E-state index contributed by atoms with van der Waals surface area (Å²) in [5.41, 5.74) is 1.04. The number of nitro groups is 1. The second-order valence-electron chi connectivity index (χ2n) is 7.65. The number of ether oxygens (including phenoxy) is 1. The molecule has 1 fully saturated rings. The molecule has 9 nitrogen and oxygen atoms in total. The molecule has 0 aliphatic carbocycles. The van der Waals surface area contributed by atoms with Crippen molar-refractivity contribution in [2.45, 2.75) is 13.0 Å². The SMILES string of the molecule is CCOC(=O)c1ccc(N2C(=O)C(=O)/C(=C(\O)c3ccc([N+](=O)[O-])cc3)C2c2ccccc2)cc1. The number of carbonyl (C=O) groups is 3. The second-order valence-corrected chi connectivity index (χ2v) is 7.65. The van der Waals surface area contributed by atoms with E-state index in [1.165, 1.54) is 53.4 Å². The van der Waals surface area contributed by atoms with Gasteiger partial charge in [0.15, 0.2) is 0 Å². The average Bonchev–Trinajstić information content (AvgIpc) is 3.14. The van der Waals surface area contributed by atoms with Crippen LogP contribution in [0.1, 0.15) is 34.5 Å². The van der Waals surface area contributed by atoms with E-state index in [0.717, 1.165) is 0 Å². The number of Topliss-reactive ketones (excluding diaryl/α,β-unsaturated/α-hetero) is 1. The highest BCUT2D eigenvalue weighted by atomic mass is 16.6. The van der Waals surface area contributed by atoms with Crippen LogP contribution in [0.3, 0.4) is 0 Å². The maximum Gasteiger partial charge on any atom is 0.338 e. The normalized spacial score (nSPS) is 16.8. The fraction of sp³-hybridized carbons (Fsp3) is 0.115. The van der Waals surface area contributed by atoms with E-state index < -0.39 is 34.4 Å². The van der Waals surface area contributed by atoms with Gasteiger partial charge in [0.05, 0.1) is 28.7 Å². The Morgan fingerprint density at radius 2 is 1.57 bits per heavy atom. The van der Waals surface area contributed by atoms with Crippen molar-refractivity contribution < 1.29 is 29.2 Å². The van der Waals surface area contributed by atoms with Gasteiger partial charge < -0.3 is 9.84 Å². The minimum atomic E-state index is -0.958. The molecule has 1 unspecified atom stereocenters. The minimum Gasteiger partial charge on any atom is -0.507 e. The molecular weight excluding hydrogens is 452 g/mol. The summed E-state index contributed by atoms with van der Waals surface area (Å²) in [6.45, 7) is 1.91. The van der Waals surface area contributed by atoms with Crippen molar-refractivity contribution in [3.8, 4) is 0 Å². The van der Waals surface area contributed by atoms with Crippen LogP contribution in [0.4, 0.5) is 11.4 Å². The molecule has 0 aromatic heterocycles. The van der Waals surface area contributed by atoms with Gasteiger partial charge in [-0.2, -0.15) is 0 Å². The van der Waals surface area contributed by atoms with Gasteiger partial charge in [-0.25, -0.2) is 4.79 Å². The van der Waals surface area contributed by atoms with Crippen LogP contribution in [0.2, 0.25) is 0 Å². The topological polar surface area (TPSA) is 127 Å². The Kier molecular flexibility index (Phi) is 6.41. The van der Waals surface area contributed by atoms with Gasteiger partial charge in [-0.1, -0.05) is 30.3 Å². The first kappa shape index (κ1) is 23.4. The molecule has 0 spiro atoms. The third kappa shape index (κ3) is 4.39. The van der Waals surface area contributed by atoms with Crippen LogP contribution in [0.15, 0.2) is 84.4 Å². The molecular formula is C26H20N2O7. The Bertz CT molecular complexity index is 1330. The van der Waals surface area contributed by atoms with Crippen molar-refractivity contribution in [1.29, 1.82) is 0 Å². The summed E-state index contributed by atoms with van der Waals surface area (Å²) >= 11 is 0. The van der Waals surface area contributed by atoms with Crippen LogP contribution in [0, 0.1) is 10.1 Å². The van der Waals surface area contributed by atoms with Crippen molar-refractivity contribution in [2.75, 3.05) is 11.5 Å². The number of nitrogens with zero attached hydrogens (tertiary/aromatic N) is 2. The highest BCUT2D eigenvalue weighted by Gasteiger charge is 2.46. The summed E-state index contributed by atoms with van der Waals surface area (Å²) in [4.78, 5) is 49.9. The molecule has 1 atom stereocenters. The summed E-state index contributed by atoms with van der Waals surface area (Å²) in [6, 6.07) is 18.8. The van der Waals surface area contributed by atoms with E-state index in [4.69, 9.17) is 4.74 Å².